The second kappa shape index (κ2) is 8.53. The fraction of sp³-hybridized carbons (Fsp3) is 0.350. The normalized spacial score (nSPS) is 15.1. The third-order valence-electron chi connectivity index (χ3n) is 4.90. The van der Waals surface area contributed by atoms with E-state index >= 15 is 0 Å². The van der Waals surface area contributed by atoms with E-state index in [2.05, 4.69) is 49.4 Å². The van der Waals surface area contributed by atoms with E-state index < -0.39 is 5.91 Å². The van der Waals surface area contributed by atoms with Crippen molar-refractivity contribution in [2.24, 2.45) is 5.73 Å². The second-order valence-corrected chi connectivity index (χ2v) is 7.67. The summed E-state index contributed by atoms with van der Waals surface area (Å²) in [5, 5.41) is 3.52. The van der Waals surface area contributed by atoms with Crippen LogP contribution >= 0.6 is 11.3 Å². The zero-order chi connectivity index (χ0) is 19.3. The average Bonchev–Trinajstić information content (AvgIpc) is 3.21. The van der Waals surface area contributed by atoms with Crippen molar-refractivity contribution in [1.29, 1.82) is 0 Å². The first-order valence-electron chi connectivity index (χ1n) is 9.40. The van der Waals surface area contributed by atoms with E-state index in [1.165, 1.54) is 22.0 Å². The summed E-state index contributed by atoms with van der Waals surface area (Å²) in [4.78, 5) is 23.9. The van der Waals surface area contributed by atoms with Gasteiger partial charge in [-0.2, -0.15) is 4.98 Å². The topological polar surface area (TPSA) is 84.6 Å². The third kappa shape index (κ3) is 4.23. The van der Waals surface area contributed by atoms with Crippen molar-refractivity contribution in [3.05, 3.63) is 47.7 Å². The number of ether oxygens (including phenoxy) is 1. The Bertz CT molecular complexity index is 952. The van der Waals surface area contributed by atoms with Crippen LogP contribution in [-0.4, -0.2) is 60.1 Å². The molecule has 1 aliphatic heterocycles. The summed E-state index contributed by atoms with van der Waals surface area (Å²) in [5.74, 6) is -0.284. The molecule has 3 heterocycles. The molecule has 0 spiro atoms. The van der Waals surface area contributed by atoms with Gasteiger partial charge in [0.25, 0.3) is 5.91 Å². The largest absolute Gasteiger partial charge is 0.478 e. The SMILES string of the molecule is NC(=O)c1nccc(OCCCN2CCN(c3cccc4sccc34)CC2)n1. The van der Waals surface area contributed by atoms with Gasteiger partial charge in [-0.3, -0.25) is 9.69 Å². The van der Waals surface area contributed by atoms with E-state index in [9.17, 15) is 4.79 Å². The van der Waals surface area contributed by atoms with Crippen molar-refractivity contribution in [3.63, 3.8) is 0 Å². The van der Waals surface area contributed by atoms with Gasteiger partial charge in [-0.25, -0.2) is 4.98 Å². The molecule has 7 nitrogen and oxygen atoms in total. The monoisotopic (exact) mass is 397 g/mol. The molecule has 0 aliphatic carbocycles. The Hall–Kier alpha value is -2.71. The van der Waals surface area contributed by atoms with E-state index in [4.69, 9.17) is 10.5 Å². The van der Waals surface area contributed by atoms with Gasteiger partial charge in [0.15, 0.2) is 0 Å². The Morgan fingerprint density at radius 3 is 2.86 bits per heavy atom. The standard InChI is InChI=1S/C20H23N5O2S/c21-19(26)20-22-7-5-18(23-20)27-13-2-8-24-9-11-25(12-10-24)16-3-1-4-17-15(16)6-14-28-17/h1,3-7,14H,2,8-13H2,(H2,21,26). The number of benzene rings is 1. The van der Waals surface area contributed by atoms with Gasteiger partial charge in [0.05, 0.1) is 6.61 Å². The maximum absolute atomic E-state index is 11.1. The molecule has 0 unspecified atom stereocenters. The molecule has 146 valence electrons. The Morgan fingerprint density at radius 1 is 1.18 bits per heavy atom. The number of fused-ring (bicyclic) bond motifs is 1. The second-order valence-electron chi connectivity index (χ2n) is 6.72. The number of thiophene rings is 1. The van der Waals surface area contributed by atoms with Crippen molar-refractivity contribution < 1.29 is 9.53 Å². The molecule has 3 aromatic rings. The molecule has 28 heavy (non-hydrogen) atoms. The molecule has 0 atom stereocenters. The van der Waals surface area contributed by atoms with Crippen molar-refractivity contribution in [2.45, 2.75) is 6.42 Å². The van der Waals surface area contributed by atoms with Gasteiger partial charge in [-0.15, -0.1) is 11.3 Å². The summed E-state index contributed by atoms with van der Waals surface area (Å²) in [6, 6.07) is 10.4. The summed E-state index contributed by atoms with van der Waals surface area (Å²) in [6.07, 6.45) is 2.38. The molecule has 1 amide bonds. The Kier molecular flexibility index (Phi) is 5.68. The first-order valence-corrected chi connectivity index (χ1v) is 10.3. The maximum Gasteiger partial charge on any atom is 0.286 e. The van der Waals surface area contributed by atoms with Crippen LogP contribution in [0.5, 0.6) is 5.88 Å². The van der Waals surface area contributed by atoms with Crippen molar-refractivity contribution >= 4 is 33.0 Å². The highest BCUT2D eigenvalue weighted by molar-refractivity contribution is 7.17. The van der Waals surface area contributed by atoms with Crippen molar-refractivity contribution in [1.82, 2.24) is 14.9 Å². The fourth-order valence-electron chi connectivity index (χ4n) is 3.47. The third-order valence-corrected chi connectivity index (χ3v) is 5.79. The lowest BCUT2D eigenvalue weighted by molar-refractivity contribution is 0.0989. The van der Waals surface area contributed by atoms with Crippen LogP contribution in [0.15, 0.2) is 41.9 Å². The number of carbonyl (C=O) groups excluding carboxylic acids is 1. The molecule has 0 saturated carbocycles. The number of amides is 1. The van der Waals surface area contributed by atoms with Crippen molar-refractivity contribution in [2.75, 3.05) is 44.2 Å². The van der Waals surface area contributed by atoms with E-state index in [0.29, 0.717) is 12.5 Å². The number of hydrogen-bond donors (Lipinski definition) is 1. The van der Waals surface area contributed by atoms with Crippen LogP contribution in [0.3, 0.4) is 0 Å². The number of piperazine rings is 1. The van der Waals surface area contributed by atoms with Crippen LogP contribution < -0.4 is 15.4 Å². The molecule has 2 aromatic heterocycles. The van der Waals surface area contributed by atoms with Crippen molar-refractivity contribution in [3.8, 4) is 5.88 Å². The molecular weight excluding hydrogens is 374 g/mol. The number of carbonyl (C=O) groups is 1. The number of rotatable bonds is 7. The van der Waals surface area contributed by atoms with Crippen LogP contribution in [-0.2, 0) is 0 Å². The van der Waals surface area contributed by atoms with Crippen LogP contribution in [0.2, 0.25) is 0 Å². The molecule has 4 rings (SSSR count). The highest BCUT2D eigenvalue weighted by atomic mass is 32.1. The van der Waals surface area contributed by atoms with Gasteiger partial charge in [0.1, 0.15) is 0 Å². The van der Waals surface area contributed by atoms with E-state index in [1.54, 1.807) is 17.4 Å². The smallest absolute Gasteiger partial charge is 0.286 e. The quantitative estimate of drug-likeness (QED) is 0.616. The highest BCUT2D eigenvalue weighted by Crippen LogP contribution is 2.31. The number of aromatic nitrogens is 2. The van der Waals surface area contributed by atoms with Gasteiger partial charge in [-0.05, 0) is 30.0 Å². The van der Waals surface area contributed by atoms with Gasteiger partial charge in [-0.1, -0.05) is 6.07 Å². The minimum atomic E-state index is -0.651. The van der Waals surface area contributed by atoms with Crippen LogP contribution in [0.4, 0.5) is 5.69 Å². The molecule has 1 fully saturated rings. The summed E-state index contributed by atoms with van der Waals surface area (Å²) in [7, 11) is 0. The lowest BCUT2D eigenvalue weighted by Gasteiger charge is -2.36. The summed E-state index contributed by atoms with van der Waals surface area (Å²) < 4.78 is 6.97. The van der Waals surface area contributed by atoms with Gasteiger partial charge in [0.2, 0.25) is 11.7 Å². The predicted octanol–water partition coefficient (Wildman–Crippen LogP) is 2.38. The first-order chi connectivity index (χ1) is 13.7. The van der Waals surface area contributed by atoms with Gasteiger partial charge >= 0.3 is 0 Å². The molecule has 8 heteroatoms. The Labute approximate surface area is 167 Å². The molecule has 0 radical (unpaired) electrons. The van der Waals surface area contributed by atoms with Crippen LogP contribution in [0.1, 0.15) is 17.0 Å². The maximum atomic E-state index is 11.1. The molecule has 2 N–H and O–H groups in total. The lowest BCUT2D eigenvalue weighted by Crippen LogP contribution is -2.46. The average molecular weight is 398 g/mol. The predicted molar refractivity (Wildman–Crippen MR) is 111 cm³/mol. The minimum Gasteiger partial charge on any atom is -0.478 e. The minimum absolute atomic E-state index is 0.0192. The molecule has 1 saturated heterocycles. The Morgan fingerprint density at radius 2 is 2.04 bits per heavy atom. The molecule has 1 aromatic carbocycles. The summed E-state index contributed by atoms with van der Waals surface area (Å²) >= 11 is 1.79. The van der Waals surface area contributed by atoms with E-state index in [1.807, 2.05) is 0 Å². The zero-order valence-electron chi connectivity index (χ0n) is 15.6. The molecule has 1 aliphatic rings. The van der Waals surface area contributed by atoms with E-state index in [-0.39, 0.29) is 5.82 Å². The number of nitrogens with two attached hydrogens (primary N) is 1. The Balaban J connectivity index is 1.22. The number of nitrogens with zero attached hydrogens (tertiary/aromatic N) is 4. The molecular formula is C20H23N5O2S. The van der Waals surface area contributed by atoms with Gasteiger partial charge in [0, 0.05) is 60.8 Å². The van der Waals surface area contributed by atoms with Crippen LogP contribution in [0, 0.1) is 0 Å². The lowest BCUT2D eigenvalue weighted by atomic mass is 10.2. The van der Waals surface area contributed by atoms with Crippen LogP contribution in [0.25, 0.3) is 10.1 Å². The summed E-state index contributed by atoms with van der Waals surface area (Å²) in [6.45, 7) is 5.67. The number of primary amides is 1. The molecule has 0 bridgehead atoms. The summed E-state index contributed by atoms with van der Waals surface area (Å²) in [5.41, 5.74) is 6.53. The highest BCUT2D eigenvalue weighted by Gasteiger charge is 2.18. The number of hydrogen-bond acceptors (Lipinski definition) is 7. The number of anilines is 1. The van der Waals surface area contributed by atoms with E-state index in [0.717, 1.165) is 39.1 Å². The first kappa shape index (κ1) is 18.6. The zero-order valence-corrected chi connectivity index (χ0v) is 16.4. The fourth-order valence-corrected chi connectivity index (χ4v) is 4.28. The van der Waals surface area contributed by atoms with Gasteiger partial charge < -0.3 is 15.4 Å².